The van der Waals surface area contributed by atoms with Gasteiger partial charge >= 0.3 is 0 Å². The Morgan fingerprint density at radius 3 is 2.55 bits per heavy atom. The van der Waals surface area contributed by atoms with Crippen molar-refractivity contribution in [2.24, 2.45) is 0 Å². The number of carbonyl (C=O) groups is 1. The maximum Gasteiger partial charge on any atom is 0.263 e. The van der Waals surface area contributed by atoms with Crippen LogP contribution in [0.5, 0.6) is 11.5 Å². The Morgan fingerprint density at radius 1 is 1.24 bits per heavy atom. The summed E-state index contributed by atoms with van der Waals surface area (Å²) in [5.74, 6) is 0.774. The monoisotopic (exact) mass is 418 g/mol. The molecular weight excluding hydrogens is 392 g/mol. The quantitative estimate of drug-likeness (QED) is 0.780. The zero-order chi connectivity index (χ0) is 21.2. The number of carbonyl (C=O) groups excluding carboxylic acids is 1. The van der Waals surface area contributed by atoms with E-state index in [0.29, 0.717) is 18.0 Å². The predicted molar refractivity (Wildman–Crippen MR) is 112 cm³/mol. The number of anilines is 1. The molecule has 0 fully saturated rings. The molecule has 29 heavy (non-hydrogen) atoms. The van der Waals surface area contributed by atoms with Crippen molar-refractivity contribution >= 4 is 21.6 Å². The van der Waals surface area contributed by atoms with E-state index in [-0.39, 0.29) is 18.6 Å². The van der Waals surface area contributed by atoms with Gasteiger partial charge in [-0.2, -0.15) is 0 Å². The number of benzene rings is 2. The smallest absolute Gasteiger partial charge is 0.263 e. The number of nitrogens with one attached hydrogen (secondary N) is 1. The standard InChI is InChI=1S/C21H26N2O5S/c1-14(2)27-17-8-6-16(7-9-17)12-22-21(24)20-13-23(29(4,25)26)18-11-15(3)5-10-19(18)28-20/h5-11,14,20H,12-13H2,1-4H3,(H,22,24)/t20-/m0/s1. The number of amides is 1. The molecule has 0 bridgehead atoms. The SMILES string of the molecule is Cc1ccc2c(c1)N(S(C)(=O)=O)C[C@@H](C(=O)NCc1ccc(OC(C)C)cc1)O2. The summed E-state index contributed by atoms with van der Waals surface area (Å²) in [4.78, 5) is 12.7. The zero-order valence-corrected chi connectivity index (χ0v) is 17.8. The summed E-state index contributed by atoms with van der Waals surface area (Å²) >= 11 is 0. The highest BCUT2D eigenvalue weighted by Crippen LogP contribution is 2.35. The average molecular weight is 419 g/mol. The van der Waals surface area contributed by atoms with Gasteiger partial charge in [0, 0.05) is 6.54 Å². The number of hydrogen-bond acceptors (Lipinski definition) is 5. The molecule has 1 N–H and O–H groups in total. The summed E-state index contributed by atoms with van der Waals surface area (Å²) in [7, 11) is -3.54. The van der Waals surface area contributed by atoms with Crippen LogP contribution in [0.4, 0.5) is 5.69 Å². The van der Waals surface area contributed by atoms with E-state index in [1.165, 1.54) is 4.31 Å². The lowest BCUT2D eigenvalue weighted by Gasteiger charge is -2.34. The number of hydrogen-bond donors (Lipinski definition) is 1. The van der Waals surface area contributed by atoms with E-state index >= 15 is 0 Å². The molecule has 8 heteroatoms. The second kappa shape index (κ2) is 8.32. The van der Waals surface area contributed by atoms with E-state index in [4.69, 9.17) is 9.47 Å². The van der Waals surface area contributed by atoms with Crippen LogP contribution in [0.1, 0.15) is 25.0 Å². The number of fused-ring (bicyclic) bond motifs is 1. The van der Waals surface area contributed by atoms with Crippen LogP contribution in [-0.4, -0.2) is 39.3 Å². The van der Waals surface area contributed by atoms with E-state index in [2.05, 4.69) is 5.32 Å². The predicted octanol–water partition coefficient (Wildman–Crippen LogP) is 2.63. The normalized spacial score (nSPS) is 16.2. The van der Waals surface area contributed by atoms with E-state index in [1.807, 2.05) is 51.1 Å². The Labute approximate surface area is 171 Å². The molecule has 0 unspecified atom stereocenters. The minimum Gasteiger partial charge on any atom is -0.491 e. The van der Waals surface area contributed by atoms with Crippen LogP contribution in [0.2, 0.25) is 0 Å². The number of nitrogens with zero attached hydrogens (tertiary/aromatic N) is 1. The van der Waals surface area contributed by atoms with Crippen LogP contribution in [0, 0.1) is 6.92 Å². The first-order chi connectivity index (χ1) is 13.6. The number of rotatable bonds is 6. The molecule has 0 saturated heterocycles. The van der Waals surface area contributed by atoms with Crippen LogP contribution < -0.4 is 19.1 Å². The van der Waals surface area contributed by atoms with Gasteiger partial charge in [0.15, 0.2) is 6.10 Å². The molecule has 1 aliphatic rings. The Kier molecular flexibility index (Phi) is 6.02. The fourth-order valence-electron chi connectivity index (χ4n) is 3.07. The third kappa shape index (κ3) is 5.20. The summed E-state index contributed by atoms with van der Waals surface area (Å²) in [5, 5.41) is 2.82. The van der Waals surface area contributed by atoms with Crippen LogP contribution in [0.3, 0.4) is 0 Å². The van der Waals surface area contributed by atoms with Gasteiger partial charge < -0.3 is 14.8 Å². The number of aryl methyl sites for hydroxylation is 1. The van der Waals surface area contributed by atoms with Gasteiger partial charge in [-0.05, 0) is 56.2 Å². The zero-order valence-electron chi connectivity index (χ0n) is 17.0. The molecule has 0 spiro atoms. The lowest BCUT2D eigenvalue weighted by atomic mass is 10.1. The molecule has 1 aliphatic heterocycles. The molecule has 2 aromatic carbocycles. The summed E-state index contributed by atoms with van der Waals surface area (Å²) in [6.45, 7) is 6.02. The first-order valence-corrected chi connectivity index (χ1v) is 11.3. The van der Waals surface area contributed by atoms with Crippen molar-refractivity contribution in [3.05, 3.63) is 53.6 Å². The molecular formula is C21H26N2O5S. The maximum atomic E-state index is 12.7. The van der Waals surface area contributed by atoms with Gasteiger partial charge in [-0.1, -0.05) is 18.2 Å². The van der Waals surface area contributed by atoms with Crippen LogP contribution in [-0.2, 0) is 21.4 Å². The summed E-state index contributed by atoms with van der Waals surface area (Å²) in [6, 6.07) is 12.7. The highest BCUT2D eigenvalue weighted by Gasteiger charge is 2.34. The molecule has 156 valence electrons. The number of sulfonamides is 1. The van der Waals surface area contributed by atoms with E-state index < -0.39 is 16.1 Å². The van der Waals surface area contributed by atoms with Gasteiger partial charge in [0.25, 0.3) is 5.91 Å². The van der Waals surface area contributed by atoms with Crippen LogP contribution in [0.25, 0.3) is 0 Å². The molecule has 2 aromatic rings. The van der Waals surface area contributed by atoms with Gasteiger partial charge in [-0.3, -0.25) is 9.10 Å². The van der Waals surface area contributed by atoms with Crippen molar-refractivity contribution in [1.82, 2.24) is 5.32 Å². The second-order valence-electron chi connectivity index (χ2n) is 7.40. The Balaban J connectivity index is 1.69. The highest BCUT2D eigenvalue weighted by molar-refractivity contribution is 7.92. The molecule has 1 amide bonds. The van der Waals surface area contributed by atoms with Crippen molar-refractivity contribution in [3.63, 3.8) is 0 Å². The van der Waals surface area contributed by atoms with E-state index in [9.17, 15) is 13.2 Å². The summed E-state index contributed by atoms with van der Waals surface area (Å²) in [6.07, 6.45) is 0.289. The van der Waals surface area contributed by atoms with Crippen molar-refractivity contribution in [3.8, 4) is 11.5 Å². The molecule has 3 rings (SSSR count). The third-order valence-electron chi connectivity index (χ3n) is 4.44. The van der Waals surface area contributed by atoms with Crippen LogP contribution >= 0.6 is 0 Å². The molecule has 1 heterocycles. The first kappa shape index (κ1) is 21.0. The average Bonchev–Trinajstić information content (AvgIpc) is 2.65. The fourth-order valence-corrected chi connectivity index (χ4v) is 3.98. The number of ether oxygens (including phenoxy) is 2. The Bertz CT molecular complexity index is 987. The maximum absolute atomic E-state index is 12.7. The van der Waals surface area contributed by atoms with Crippen molar-refractivity contribution < 1.29 is 22.7 Å². The lowest BCUT2D eigenvalue weighted by molar-refractivity contribution is -0.127. The van der Waals surface area contributed by atoms with Gasteiger partial charge in [-0.25, -0.2) is 8.42 Å². The molecule has 0 aliphatic carbocycles. The van der Waals surface area contributed by atoms with Crippen LogP contribution in [0.15, 0.2) is 42.5 Å². The Morgan fingerprint density at radius 2 is 1.93 bits per heavy atom. The minimum absolute atomic E-state index is 0.0672. The van der Waals surface area contributed by atoms with Gasteiger partial charge in [0.2, 0.25) is 10.0 Å². The fraction of sp³-hybridized carbons (Fsp3) is 0.381. The minimum atomic E-state index is -3.54. The molecule has 1 atom stereocenters. The second-order valence-corrected chi connectivity index (χ2v) is 9.31. The van der Waals surface area contributed by atoms with E-state index in [0.717, 1.165) is 23.1 Å². The van der Waals surface area contributed by atoms with Gasteiger partial charge in [0.1, 0.15) is 11.5 Å². The van der Waals surface area contributed by atoms with Gasteiger partial charge in [0.05, 0.1) is 24.6 Å². The molecule has 0 aromatic heterocycles. The topological polar surface area (TPSA) is 84.9 Å². The summed E-state index contributed by atoms with van der Waals surface area (Å²) < 4.78 is 37.1. The highest BCUT2D eigenvalue weighted by atomic mass is 32.2. The first-order valence-electron chi connectivity index (χ1n) is 9.42. The summed E-state index contributed by atoms with van der Waals surface area (Å²) in [5.41, 5.74) is 2.27. The van der Waals surface area contributed by atoms with Crippen molar-refractivity contribution in [1.29, 1.82) is 0 Å². The lowest BCUT2D eigenvalue weighted by Crippen LogP contribution is -2.50. The van der Waals surface area contributed by atoms with Crippen molar-refractivity contribution in [2.75, 3.05) is 17.1 Å². The molecule has 7 nitrogen and oxygen atoms in total. The van der Waals surface area contributed by atoms with E-state index in [1.54, 1.807) is 12.1 Å². The Hall–Kier alpha value is -2.74. The van der Waals surface area contributed by atoms with Crippen molar-refractivity contribution in [2.45, 2.75) is 39.5 Å². The molecule has 0 radical (unpaired) electrons. The molecule has 0 saturated carbocycles. The largest absolute Gasteiger partial charge is 0.491 e. The van der Waals surface area contributed by atoms with Gasteiger partial charge in [-0.15, -0.1) is 0 Å². The third-order valence-corrected chi connectivity index (χ3v) is 5.59.